The molecule has 0 saturated heterocycles. The van der Waals surface area contributed by atoms with Gasteiger partial charge in [0.2, 0.25) is 0 Å². The van der Waals surface area contributed by atoms with Crippen LogP contribution in [0.15, 0.2) is 17.0 Å². The molecule has 1 aliphatic rings. The lowest BCUT2D eigenvalue weighted by Gasteiger charge is -1.97. The third kappa shape index (κ3) is 0.210. The highest BCUT2D eigenvalue weighted by Gasteiger charge is 1.79. The fourth-order valence-electron chi connectivity index (χ4n) is 0.113. The predicted octanol–water partition coefficient (Wildman–Crippen LogP) is 0.759. The molecule has 0 spiro atoms. The standard InChI is InChI=1S/C3HFN/c4-3-1-5-2-3/h1H/q-1. The highest BCUT2D eigenvalue weighted by Crippen LogP contribution is 1.99. The van der Waals surface area contributed by atoms with E-state index in [9.17, 15) is 4.39 Å². The summed E-state index contributed by atoms with van der Waals surface area (Å²) in [6.45, 7) is 0. The van der Waals surface area contributed by atoms with Gasteiger partial charge in [0.05, 0.1) is 0 Å². The maximum atomic E-state index is 11.2. The van der Waals surface area contributed by atoms with E-state index in [0.717, 1.165) is 6.20 Å². The molecule has 0 radical (unpaired) electrons. The van der Waals surface area contributed by atoms with Gasteiger partial charge in [-0.2, -0.15) is 0 Å². The van der Waals surface area contributed by atoms with Crippen molar-refractivity contribution in [3.63, 3.8) is 0 Å². The van der Waals surface area contributed by atoms with Gasteiger partial charge in [0.1, 0.15) is 0 Å². The molecule has 0 unspecified atom stereocenters. The second kappa shape index (κ2) is 0.641. The smallest absolute Gasteiger partial charge is 0.0470 e. The van der Waals surface area contributed by atoms with Crippen LogP contribution < -0.4 is 0 Å². The normalized spacial score (nSPS) is 17.4. The van der Waals surface area contributed by atoms with Gasteiger partial charge < -0.3 is 4.99 Å². The number of halogens is 1. The van der Waals surface area contributed by atoms with Crippen molar-refractivity contribution < 1.29 is 4.39 Å². The monoisotopic (exact) mass is 70.0 g/mol. The fourth-order valence-corrected chi connectivity index (χ4v) is 0.113. The number of hydrogen-bond donors (Lipinski definition) is 0. The Labute approximate surface area is 28.8 Å². The van der Waals surface area contributed by atoms with E-state index in [1.165, 1.54) is 0 Å². The van der Waals surface area contributed by atoms with E-state index in [0.29, 0.717) is 0 Å². The van der Waals surface area contributed by atoms with Crippen LogP contribution in [-0.2, 0) is 0 Å². The third-order valence-corrected chi connectivity index (χ3v) is 0.349. The molecule has 1 nitrogen and oxygen atoms in total. The average Bonchev–Trinajstić information content (AvgIpc) is 1.30. The second-order valence-corrected chi connectivity index (χ2v) is 0.718. The maximum Gasteiger partial charge on any atom is 0.0470 e. The molecule has 2 heteroatoms. The first-order valence-electron chi connectivity index (χ1n) is 1.21. The van der Waals surface area contributed by atoms with E-state index < -0.39 is 0 Å². The van der Waals surface area contributed by atoms with Crippen LogP contribution in [0.4, 0.5) is 4.39 Å². The first-order chi connectivity index (χ1) is 2.39. The third-order valence-electron chi connectivity index (χ3n) is 0.349. The SMILES string of the molecule is FC1=CN=[C-]1. The van der Waals surface area contributed by atoms with E-state index in [-0.39, 0.29) is 5.83 Å². The molecule has 0 aromatic rings. The molecule has 0 saturated carbocycles. The van der Waals surface area contributed by atoms with Crippen LogP contribution in [0.2, 0.25) is 0 Å². The molecule has 26 valence electrons. The van der Waals surface area contributed by atoms with Gasteiger partial charge in [-0.25, -0.2) is 4.39 Å². The minimum absolute atomic E-state index is 0.356. The van der Waals surface area contributed by atoms with Gasteiger partial charge in [-0.1, -0.05) is 0 Å². The molecule has 0 aromatic carbocycles. The Balaban J connectivity index is 2.60. The summed E-state index contributed by atoms with van der Waals surface area (Å²) in [6, 6.07) is 0. The Bertz CT molecular complexity index is 93.1. The largest absolute Gasteiger partial charge is 0.388 e. The molecule has 0 bridgehead atoms. The topological polar surface area (TPSA) is 12.4 Å². The summed E-state index contributed by atoms with van der Waals surface area (Å²) in [5.41, 5.74) is 0. The summed E-state index contributed by atoms with van der Waals surface area (Å²) >= 11 is 0. The van der Waals surface area contributed by atoms with Gasteiger partial charge in [0, 0.05) is 5.83 Å². The van der Waals surface area contributed by atoms with Gasteiger partial charge in [0.25, 0.3) is 0 Å². The number of hydrogen-bond acceptors (Lipinski definition) is 1. The lowest BCUT2D eigenvalue weighted by Crippen LogP contribution is -1.80. The Morgan fingerprint density at radius 3 is 2.40 bits per heavy atom. The Hall–Kier alpha value is -0.660. The summed E-state index contributed by atoms with van der Waals surface area (Å²) in [6.07, 6.45) is 3.14. The highest BCUT2D eigenvalue weighted by atomic mass is 19.1. The van der Waals surface area contributed by atoms with Crippen LogP contribution in [0, 0.1) is 0 Å². The molecule has 0 amide bonds. The van der Waals surface area contributed by atoms with Crippen molar-refractivity contribution in [2.75, 3.05) is 0 Å². The number of allylic oxidation sites excluding steroid dienone is 1. The van der Waals surface area contributed by atoms with Crippen molar-refractivity contribution in [3.05, 3.63) is 12.0 Å². The van der Waals surface area contributed by atoms with Crippen LogP contribution in [-0.4, -0.2) is 6.21 Å². The van der Waals surface area contributed by atoms with Crippen LogP contribution in [0.3, 0.4) is 0 Å². The van der Waals surface area contributed by atoms with Gasteiger partial charge in [-0.3, -0.25) is 0 Å². The highest BCUT2D eigenvalue weighted by molar-refractivity contribution is 5.81. The first kappa shape index (κ1) is 2.57. The minimum Gasteiger partial charge on any atom is -0.388 e. The molecule has 1 rings (SSSR count). The van der Waals surface area contributed by atoms with Gasteiger partial charge in [0.15, 0.2) is 0 Å². The van der Waals surface area contributed by atoms with E-state index in [1.807, 2.05) is 6.21 Å². The lowest BCUT2D eigenvalue weighted by atomic mass is 10.5. The summed E-state index contributed by atoms with van der Waals surface area (Å²) in [5.74, 6) is -0.356. The predicted molar refractivity (Wildman–Crippen MR) is 16.6 cm³/mol. The molecule has 0 atom stereocenters. The zero-order chi connectivity index (χ0) is 3.70. The number of rotatable bonds is 0. The summed E-state index contributed by atoms with van der Waals surface area (Å²) in [7, 11) is 0. The molecule has 1 aliphatic heterocycles. The molecular formula is C3HFN-. The van der Waals surface area contributed by atoms with Crippen molar-refractivity contribution in [3.8, 4) is 0 Å². The second-order valence-electron chi connectivity index (χ2n) is 0.718. The van der Waals surface area contributed by atoms with Gasteiger partial charge in [-0.15, -0.1) is 0 Å². The Morgan fingerprint density at radius 2 is 2.40 bits per heavy atom. The van der Waals surface area contributed by atoms with Gasteiger partial charge >= 0.3 is 0 Å². The minimum atomic E-state index is -0.356. The zero-order valence-electron chi connectivity index (χ0n) is 2.40. The molecule has 0 aromatic heterocycles. The molecular weight excluding hydrogens is 69.0 g/mol. The fraction of sp³-hybridized carbons (Fsp3) is 0. The van der Waals surface area contributed by atoms with Crippen molar-refractivity contribution in [2.24, 2.45) is 4.99 Å². The van der Waals surface area contributed by atoms with E-state index in [2.05, 4.69) is 4.99 Å². The molecule has 0 N–H and O–H groups in total. The summed E-state index contributed by atoms with van der Waals surface area (Å²) in [4.78, 5) is 3.21. The van der Waals surface area contributed by atoms with E-state index in [1.54, 1.807) is 0 Å². The molecule has 0 fully saturated rings. The van der Waals surface area contributed by atoms with E-state index in [4.69, 9.17) is 0 Å². The quantitative estimate of drug-likeness (QED) is 0.373. The van der Waals surface area contributed by atoms with Crippen LogP contribution >= 0.6 is 0 Å². The van der Waals surface area contributed by atoms with Crippen molar-refractivity contribution in [2.45, 2.75) is 0 Å². The van der Waals surface area contributed by atoms with Crippen molar-refractivity contribution in [1.29, 1.82) is 0 Å². The lowest BCUT2D eigenvalue weighted by molar-refractivity contribution is 0.674. The summed E-state index contributed by atoms with van der Waals surface area (Å²) in [5, 5.41) is 0. The van der Waals surface area contributed by atoms with Crippen molar-refractivity contribution in [1.82, 2.24) is 0 Å². The molecule has 1 heterocycles. The average molecular weight is 70.0 g/mol. The van der Waals surface area contributed by atoms with Crippen LogP contribution in [0.5, 0.6) is 0 Å². The van der Waals surface area contributed by atoms with Crippen LogP contribution in [0.1, 0.15) is 0 Å². The molecule has 0 aliphatic carbocycles. The first-order valence-corrected chi connectivity index (χ1v) is 1.21. The summed E-state index contributed by atoms with van der Waals surface area (Å²) < 4.78 is 11.2. The zero-order valence-corrected chi connectivity index (χ0v) is 2.40. The molecule has 5 heavy (non-hydrogen) atoms. The Morgan fingerprint density at radius 1 is 2.00 bits per heavy atom. The number of aliphatic imine (C=N–C) groups is 1. The van der Waals surface area contributed by atoms with Crippen molar-refractivity contribution >= 4 is 6.21 Å². The van der Waals surface area contributed by atoms with Gasteiger partial charge in [-0.05, 0) is 12.4 Å². The maximum absolute atomic E-state index is 11.2. The van der Waals surface area contributed by atoms with E-state index >= 15 is 0 Å². The van der Waals surface area contributed by atoms with Crippen LogP contribution in [0.25, 0.3) is 0 Å². The number of nitrogens with zero attached hydrogens (tertiary/aromatic N) is 1. The Kier molecular flexibility index (Phi) is 0.330.